The van der Waals surface area contributed by atoms with Crippen LogP contribution >= 0.6 is 11.3 Å². The van der Waals surface area contributed by atoms with Crippen LogP contribution in [0.5, 0.6) is 0 Å². The molecule has 3 aromatic rings. The fourth-order valence-corrected chi connectivity index (χ4v) is 4.00. The molecule has 4 rings (SSSR count). The largest absolute Gasteiger partial charge is 0.367 e. The van der Waals surface area contributed by atoms with E-state index >= 15 is 0 Å². The average molecular weight is 371 g/mol. The summed E-state index contributed by atoms with van der Waals surface area (Å²) in [5, 5.41) is 17.3. The summed E-state index contributed by atoms with van der Waals surface area (Å²) in [6.45, 7) is 2.49. The molecule has 0 radical (unpaired) electrons. The molecule has 1 aliphatic rings. The Labute approximate surface area is 154 Å². The number of rotatable bonds is 5. The first-order valence-corrected chi connectivity index (χ1v) is 9.66. The van der Waals surface area contributed by atoms with Gasteiger partial charge in [0, 0.05) is 17.3 Å². The number of thiazole rings is 1. The number of aryl methyl sites for hydroxylation is 1. The van der Waals surface area contributed by atoms with E-state index in [9.17, 15) is 4.79 Å². The molecule has 0 unspecified atom stereocenters. The van der Waals surface area contributed by atoms with Gasteiger partial charge in [0.2, 0.25) is 5.91 Å². The lowest BCUT2D eigenvalue weighted by Crippen LogP contribution is -2.35. The van der Waals surface area contributed by atoms with Gasteiger partial charge in [0.05, 0.1) is 28.8 Å². The molecule has 0 aliphatic heterocycles. The van der Waals surface area contributed by atoms with Gasteiger partial charge < -0.3 is 10.6 Å². The van der Waals surface area contributed by atoms with Crippen LogP contribution in [0.2, 0.25) is 0 Å². The zero-order chi connectivity index (χ0) is 17.9. The number of hydrogen-bond acceptors (Lipinski definition) is 7. The van der Waals surface area contributed by atoms with Gasteiger partial charge in [-0.25, -0.2) is 15.0 Å². The molecule has 8 nitrogen and oxygen atoms in total. The van der Waals surface area contributed by atoms with Crippen molar-refractivity contribution in [2.45, 2.75) is 45.2 Å². The summed E-state index contributed by atoms with van der Waals surface area (Å²) in [5.41, 5.74) is 1.66. The average Bonchev–Trinajstić information content (AvgIpc) is 3.29. The summed E-state index contributed by atoms with van der Waals surface area (Å²) in [4.78, 5) is 25.3. The molecule has 0 saturated heterocycles. The Bertz CT molecular complexity index is 897. The molecule has 3 aromatic heterocycles. The number of nitrogens with one attached hydrogen (secondary N) is 3. The van der Waals surface area contributed by atoms with E-state index in [0.717, 1.165) is 53.2 Å². The van der Waals surface area contributed by atoms with Gasteiger partial charge >= 0.3 is 0 Å². The second kappa shape index (κ2) is 7.36. The third-order valence-electron chi connectivity index (χ3n) is 4.80. The Balaban J connectivity index is 1.28. The van der Waals surface area contributed by atoms with E-state index < -0.39 is 0 Å². The van der Waals surface area contributed by atoms with Gasteiger partial charge in [-0.3, -0.25) is 9.89 Å². The van der Waals surface area contributed by atoms with Gasteiger partial charge in [-0.05, 0) is 32.6 Å². The lowest BCUT2D eigenvalue weighted by Gasteiger charge is -2.28. The highest BCUT2D eigenvalue weighted by atomic mass is 32.1. The van der Waals surface area contributed by atoms with Gasteiger partial charge in [0.1, 0.15) is 12.1 Å². The molecule has 3 N–H and O–H groups in total. The van der Waals surface area contributed by atoms with Crippen molar-refractivity contribution in [3.63, 3.8) is 0 Å². The van der Waals surface area contributed by atoms with Crippen molar-refractivity contribution in [3.8, 4) is 0 Å². The standard InChI is InChI=1S/C17H21N7OS/c1-10-22-13(8-26-10)6-18-17(25)11-2-4-12(5-3-11)23-15-14-7-21-24-16(14)20-9-19-15/h7-9,11-12H,2-6H2,1H3,(H,18,25)(H2,19,20,21,23,24). The topological polar surface area (TPSA) is 108 Å². The van der Waals surface area contributed by atoms with Gasteiger partial charge in [0.25, 0.3) is 0 Å². The van der Waals surface area contributed by atoms with Gasteiger partial charge in [0.15, 0.2) is 5.65 Å². The molecule has 1 aliphatic carbocycles. The quantitative estimate of drug-likeness (QED) is 0.635. The van der Waals surface area contributed by atoms with Gasteiger partial charge in [-0.2, -0.15) is 5.10 Å². The summed E-state index contributed by atoms with van der Waals surface area (Å²) in [7, 11) is 0. The molecule has 1 saturated carbocycles. The van der Waals surface area contributed by atoms with Crippen LogP contribution in [0.4, 0.5) is 5.82 Å². The molecule has 0 spiro atoms. The highest BCUT2D eigenvalue weighted by molar-refractivity contribution is 7.09. The second-order valence-electron chi connectivity index (χ2n) is 6.62. The Kier molecular flexibility index (Phi) is 4.79. The van der Waals surface area contributed by atoms with Crippen molar-refractivity contribution in [1.29, 1.82) is 0 Å². The third kappa shape index (κ3) is 3.67. The Hall–Kier alpha value is -2.55. The first kappa shape index (κ1) is 16.9. The Morgan fingerprint density at radius 1 is 1.31 bits per heavy atom. The van der Waals surface area contributed by atoms with Crippen molar-refractivity contribution < 1.29 is 4.79 Å². The maximum atomic E-state index is 12.4. The molecule has 0 bridgehead atoms. The minimum atomic E-state index is 0.0760. The molecule has 136 valence electrons. The predicted molar refractivity (Wildman–Crippen MR) is 99.8 cm³/mol. The van der Waals surface area contributed by atoms with E-state index in [0.29, 0.717) is 12.6 Å². The minimum Gasteiger partial charge on any atom is -0.367 e. The number of carbonyl (C=O) groups excluding carboxylic acids is 1. The summed E-state index contributed by atoms with van der Waals surface area (Å²) in [6.07, 6.45) is 6.89. The lowest BCUT2D eigenvalue weighted by atomic mass is 9.85. The van der Waals surface area contributed by atoms with Crippen molar-refractivity contribution in [2.24, 2.45) is 5.92 Å². The first-order chi connectivity index (χ1) is 12.7. The number of aromatic amines is 1. The second-order valence-corrected chi connectivity index (χ2v) is 7.69. The maximum absolute atomic E-state index is 12.4. The fraction of sp³-hybridized carbons (Fsp3) is 0.471. The number of amides is 1. The number of hydrogen-bond donors (Lipinski definition) is 3. The zero-order valence-electron chi connectivity index (χ0n) is 14.5. The normalized spacial score (nSPS) is 20.2. The lowest BCUT2D eigenvalue weighted by molar-refractivity contribution is -0.126. The van der Waals surface area contributed by atoms with Crippen molar-refractivity contribution >= 4 is 34.1 Å². The zero-order valence-corrected chi connectivity index (χ0v) is 15.3. The van der Waals surface area contributed by atoms with E-state index in [2.05, 4.69) is 35.8 Å². The van der Waals surface area contributed by atoms with Crippen LogP contribution in [0.1, 0.15) is 36.4 Å². The summed E-state index contributed by atoms with van der Waals surface area (Å²) >= 11 is 1.61. The molecule has 9 heteroatoms. The minimum absolute atomic E-state index is 0.0760. The number of anilines is 1. The van der Waals surface area contributed by atoms with E-state index in [1.807, 2.05) is 12.3 Å². The molecular formula is C17H21N7OS. The maximum Gasteiger partial charge on any atom is 0.223 e. The number of aromatic nitrogens is 5. The summed E-state index contributed by atoms with van der Waals surface area (Å²) < 4.78 is 0. The summed E-state index contributed by atoms with van der Waals surface area (Å²) in [6, 6.07) is 0.313. The first-order valence-electron chi connectivity index (χ1n) is 8.78. The molecular weight excluding hydrogens is 350 g/mol. The molecule has 3 heterocycles. The summed E-state index contributed by atoms with van der Waals surface area (Å²) in [5.74, 6) is 1.01. The number of H-pyrrole nitrogens is 1. The smallest absolute Gasteiger partial charge is 0.223 e. The van der Waals surface area contributed by atoms with Crippen LogP contribution in [0.15, 0.2) is 17.9 Å². The highest BCUT2D eigenvalue weighted by Gasteiger charge is 2.26. The Morgan fingerprint density at radius 3 is 2.92 bits per heavy atom. The third-order valence-corrected chi connectivity index (χ3v) is 5.62. The number of carbonyl (C=O) groups is 1. The van der Waals surface area contributed by atoms with E-state index in [-0.39, 0.29) is 11.8 Å². The highest BCUT2D eigenvalue weighted by Crippen LogP contribution is 2.28. The predicted octanol–water partition coefficient (Wildman–Crippen LogP) is 2.40. The van der Waals surface area contributed by atoms with Crippen LogP contribution in [-0.4, -0.2) is 37.1 Å². The molecule has 1 fully saturated rings. The van der Waals surface area contributed by atoms with Crippen LogP contribution < -0.4 is 10.6 Å². The number of nitrogens with zero attached hydrogens (tertiary/aromatic N) is 4. The van der Waals surface area contributed by atoms with Crippen molar-refractivity contribution in [3.05, 3.63) is 28.6 Å². The SMILES string of the molecule is Cc1nc(CNC(=O)C2CCC(Nc3ncnc4[nH]ncc34)CC2)cs1. The van der Waals surface area contributed by atoms with Gasteiger partial charge in [-0.15, -0.1) is 11.3 Å². The van der Waals surface area contributed by atoms with Crippen LogP contribution in [-0.2, 0) is 11.3 Å². The van der Waals surface area contributed by atoms with Crippen LogP contribution in [0.25, 0.3) is 11.0 Å². The van der Waals surface area contributed by atoms with Crippen LogP contribution in [0, 0.1) is 12.8 Å². The number of fused-ring (bicyclic) bond motifs is 1. The molecule has 26 heavy (non-hydrogen) atoms. The molecule has 1 amide bonds. The monoisotopic (exact) mass is 371 g/mol. The fourth-order valence-electron chi connectivity index (χ4n) is 3.38. The van der Waals surface area contributed by atoms with Crippen molar-refractivity contribution in [2.75, 3.05) is 5.32 Å². The van der Waals surface area contributed by atoms with Gasteiger partial charge in [-0.1, -0.05) is 0 Å². The van der Waals surface area contributed by atoms with Crippen molar-refractivity contribution in [1.82, 2.24) is 30.5 Å². The van der Waals surface area contributed by atoms with E-state index in [1.165, 1.54) is 6.33 Å². The molecule has 0 atom stereocenters. The van der Waals surface area contributed by atoms with E-state index in [4.69, 9.17) is 0 Å². The Morgan fingerprint density at radius 2 is 2.15 bits per heavy atom. The van der Waals surface area contributed by atoms with E-state index in [1.54, 1.807) is 17.5 Å². The van der Waals surface area contributed by atoms with Crippen LogP contribution in [0.3, 0.4) is 0 Å². The molecule has 0 aromatic carbocycles.